The van der Waals surface area contributed by atoms with Crippen LogP contribution in [0.15, 0.2) is 65.8 Å². The van der Waals surface area contributed by atoms with Crippen molar-refractivity contribution in [1.82, 2.24) is 10.3 Å². The third kappa shape index (κ3) is 3.54. The first kappa shape index (κ1) is 15.6. The number of hydrogen-bond acceptors (Lipinski definition) is 3. The van der Waals surface area contributed by atoms with Crippen molar-refractivity contribution >= 4 is 28.4 Å². The Balaban J connectivity index is 1.68. The van der Waals surface area contributed by atoms with Gasteiger partial charge in [0.05, 0.1) is 5.56 Å². The summed E-state index contributed by atoms with van der Waals surface area (Å²) in [4.78, 5) is 16.5. The summed E-state index contributed by atoms with van der Waals surface area (Å²) in [6, 6.07) is 18.2. The van der Waals surface area contributed by atoms with Crippen molar-refractivity contribution in [2.75, 3.05) is 12.8 Å². The molecule has 0 bridgehead atoms. The van der Waals surface area contributed by atoms with E-state index in [9.17, 15) is 4.79 Å². The molecule has 0 aliphatic rings. The van der Waals surface area contributed by atoms with Crippen LogP contribution in [0, 0.1) is 0 Å². The molecule has 116 valence electrons. The first-order valence-corrected chi connectivity index (χ1v) is 8.76. The zero-order valence-corrected chi connectivity index (χ0v) is 13.8. The molecule has 0 fully saturated rings. The number of pyridine rings is 1. The maximum absolute atomic E-state index is 12.3. The van der Waals surface area contributed by atoms with E-state index in [4.69, 9.17) is 0 Å². The Kier molecular flexibility index (Phi) is 4.93. The lowest BCUT2D eigenvalue weighted by atomic mass is 10.0. The van der Waals surface area contributed by atoms with Crippen LogP contribution in [0.1, 0.15) is 15.9 Å². The van der Waals surface area contributed by atoms with Crippen LogP contribution >= 0.6 is 11.8 Å². The normalized spacial score (nSPS) is 10.7. The third-order valence-corrected chi connectivity index (χ3v) is 4.48. The summed E-state index contributed by atoms with van der Waals surface area (Å²) in [5, 5.41) is 6.23. The van der Waals surface area contributed by atoms with Gasteiger partial charge in [-0.25, -0.2) is 4.98 Å². The van der Waals surface area contributed by atoms with Crippen LogP contribution in [0.3, 0.4) is 0 Å². The lowest BCUT2D eigenvalue weighted by Gasteiger charge is -2.09. The highest BCUT2D eigenvalue weighted by atomic mass is 32.2. The molecule has 2 aromatic carbocycles. The highest BCUT2D eigenvalue weighted by Gasteiger charge is 2.11. The van der Waals surface area contributed by atoms with Gasteiger partial charge in [-0.1, -0.05) is 42.5 Å². The summed E-state index contributed by atoms with van der Waals surface area (Å²) in [5.74, 6) is -0.0670. The fourth-order valence-electron chi connectivity index (χ4n) is 2.64. The number of amides is 1. The average molecular weight is 322 g/mol. The molecule has 4 heteroatoms. The number of carbonyl (C=O) groups is 1. The van der Waals surface area contributed by atoms with Gasteiger partial charge in [-0.2, -0.15) is 0 Å². The lowest BCUT2D eigenvalue weighted by Crippen LogP contribution is -2.26. The number of fused-ring (bicyclic) bond motifs is 1. The second kappa shape index (κ2) is 7.29. The Morgan fingerprint density at radius 1 is 1.09 bits per heavy atom. The van der Waals surface area contributed by atoms with E-state index in [0.717, 1.165) is 11.4 Å². The van der Waals surface area contributed by atoms with Crippen molar-refractivity contribution in [3.63, 3.8) is 0 Å². The number of carbonyl (C=O) groups excluding carboxylic acids is 1. The van der Waals surface area contributed by atoms with Crippen LogP contribution < -0.4 is 5.32 Å². The second-order valence-corrected chi connectivity index (χ2v) is 6.00. The van der Waals surface area contributed by atoms with E-state index in [1.165, 1.54) is 28.1 Å². The minimum absolute atomic E-state index is 0.0670. The van der Waals surface area contributed by atoms with E-state index in [1.807, 2.05) is 24.5 Å². The molecule has 3 rings (SSSR count). The van der Waals surface area contributed by atoms with E-state index >= 15 is 0 Å². The highest BCUT2D eigenvalue weighted by Crippen LogP contribution is 2.19. The molecule has 23 heavy (non-hydrogen) atoms. The summed E-state index contributed by atoms with van der Waals surface area (Å²) >= 11 is 1.48. The number of nitrogens with zero attached hydrogens (tertiary/aromatic N) is 1. The molecule has 0 saturated heterocycles. The summed E-state index contributed by atoms with van der Waals surface area (Å²) in [7, 11) is 0. The Labute approximate surface area is 140 Å². The summed E-state index contributed by atoms with van der Waals surface area (Å²) in [5.41, 5.74) is 1.89. The van der Waals surface area contributed by atoms with Gasteiger partial charge in [0.1, 0.15) is 5.03 Å². The summed E-state index contributed by atoms with van der Waals surface area (Å²) in [6.07, 6.45) is 4.44. The second-order valence-electron chi connectivity index (χ2n) is 5.20. The summed E-state index contributed by atoms with van der Waals surface area (Å²) < 4.78 is 0. The van der Waals surface area contributed by atoms with E-state index in [-0.39, 0.29) is 5.91 Å². The molecule has 0 spiro atoms. The van der Waals surface area contributed by atoms with Crippen molar-refractivity contribution < 1.29 is 4.79 Å². The Hall–Kier alpha value is -2.33. The van der Waals surface area contributed by atoms with E-state index < -0.39 is 0 Å². The largest absolute Gasteiger partial charge is 0.352 e. The van der Waals surface area contributed by atoms with Crippen molar-refractivity contribution in [2.45, 2.75) is 11.4 Å². The quantitative estimate of drug-likeness (QED) is 0.724. The predicted molar refractivity (Wildman–Crippen MR) is 96.0 cm³/mol. The first-order chi connectivity index (χ1) is 11.3. The van der Waals surface area contributed by atoms with Crippen LogP contribution in [-0.4, -0.2) is 23.7 Å². The van der Waals surface area contributed by atoms with Gasteiger partial charge in [-0.3, -0.25) is 4.79 Å². The molecule has 1 amide bonds. The predicted octanol–water partition coefficient (Wildman–Crippen LogP) is 3.93. The number of rotatable bonds is 5. The SMILES string of the molecule is CSc1ncccc1C(=O)NCCc1cccc2ccccc12. The molecule has 0 atom stereocenters. The number of benzene rings is 2. The van der Waals surface area contributed by atoms with Gasteiger partial charge in [0.2, 0.25) is 0 Å². The molecule has 3 nitrogen and oxygen atoms in total. The van der Waals surface area contributed by atoms with Crippen LogP contribution in [0.2, 0.25) is 0 Å². The molecule has 0 saturated carbocycles. The Bertz CT molecular complexity index is 827. The highest BCUT2D eigenvalue weighted by molar-refractivity contribution is 7.98. The minimum atomic E-state index is -0.0670. The van der Waals surface area contributed by atoms with Crippen LogP contribution in [0.25, 0.3) is 10.8 Å². The molecular formula is C19H18N2OS. The maximum Gasteiger partial charge on any atom is 0.254 e. The molecule has 1 N–H and O–H groups in total. The number of thioether (sulfide) groups is 1. The van der Waals surface area contributed by atoms with Crippen LogP contribution in [0.4, 0.5) is 0 Å². The van der Waals surface area contributed by atoms with Gasteiger partial charge < -0.3 is 5.32 Å². The molecule has 0 aliphatic heterocycles. The number of nitrogens with one attached hydrogen (secondary N) is 1. The van der Waals surface area contributed by atoms with Crippen LogP contribution in [0.5, 0.6) is 0 Å². The minimum Gasteiger partial charge on any atom is -0.352 e. The Morgan fingerprint density at radius 3 is 2.78 bits per heavy atom. The fourth-order valence-corrected chi connectivity index (χ4v) is 3.19. The summed E-state index contributed by atoms with van der Waals surface area (Å²) in [6.45, 7) is 0.607. The molecular weight excluding hydrogens is 304 g/mol. The molecule has 3 aromatic rings. The lowest BCUT2D eigenvalue weighted by molar-refractivity contribution is 0.0950. The average Bonchev–Trinajstić information content (AvgIpc) is 2.61. The number of hydrogen-bond donors (Lipinski definition) is 1. The first-order valence-electron chi connectivity index (χ1n) is 7.53. The van der Waals surface area contributed by atoms with Gasteiger partial charge in [-0.05, 0) is 41.1 Å². The van der Waals surface area contributed by atoms with Gasteiger partial charge in [0.15, 0.2) is 0 Å². The third-order valence-electron chi connectivity index (χ3n) is 3.77. The van der Waals surface area contributed by atoms with Gasteiger partial charge in [0.25, 0.3) is 5.91 Å². The van der Waals surface area contributed by atoms with Crippen molar-refractivity contribution in [1.29, 1.82) is 0 Å². The zero-order chi connectivity index (χ0) is 16.1. The van der Waals surface area contributed by atoms with Crippen molar-refractivity contribution in [3.8, 4) is 0 Å². The van der Waals surface area contributed by atoms with Crippen molar-refractivity contribution in [3.05, 3.63) is 71.9 Å². The van der Waals surface area contributed by atoms with Crippen LogP contribution in [-0.2, 0) is 6.42 Å². The number of aromatic nitrogens is 1. The molecule has 0 unspecified atom stereocenters. The Morgan fingerprint density at radius 2 is 1.91 bits per heavy atom. The van der Waals surface area contributed by atoms with Crippen molar-refractivity contribution in [2.24, 2.45) is 0 Å². The van der Waals surface area contributed by atoms with E-state index in [0.29, 0.717) is 12.1 Å². The monoisotopic (exact) mass is 322 g/mol. The molecule has 1 heterocycles. The topological polar surface area (TPSA) is 42.0 Å². The van der Waals surface area contributed by atoms with Gasteiger partial charge in [0, 0.05) is 12.7 Å². The standard InChI is InChI=1S/C19H18N2OS/c1-23-19-17(10-5-12-21-19)18(22)20-13-11-15-8-4-7-14-6-2-3-9-16(14)15/h2-10,12H,11,13H2,1H3,(H,20,22). The fraction of sp³-hybridized carbons (Fsp3) is 0.158. The molecule has 0 radical (unpaired) electrons. The maximum atomic E-state index is 12.3. The van der Waals surface area contributed by atoms with Gasteiger partial charge >= 0.3 is 0 Å². The zero-order valence-electron chi connectivity index (χ0n) is 13.0. The van der Waals surface area contributed by atoms with Gasteiger partial charge in [-0.15, -0.1) is 11.8 Å². The molecule has 1 aromatic heterocycles. The molecule has 0 aliphatic carbocycles. The van der Waals surface area contributed by atoms with E-state index in [2.05, 4.69) is 40.6 Å². The van der Waals surface area contributed by atoms with E-state index in [1.54, 1.807) is 12.3 Å². The smallest absolute Gasteiger partial charge is 0.254 e.